The van der Waals surface area contributed by atoms with Gasteiger partial charge in [-0.25, -0.2) is 12.8 Å². The second-order valence-corrected chi connectivity index (χ2v) is 13.6. The number of nitrogens with one attached hydrogen (secondary N) is 3. The molecule has 2 heterocycles. The lowest BCUT2D eigenvalue weighted by Crippen LogP contribution is -2.41. The summed E-state index contributed by atoms with van der Waals surface area (Å²) in [6, 6.07) is 18.4. The van der Waals surface area contributed by atoms with Crippen LogP contribution in [0.25, 0.3) is 22.0 Å². The fourth-order valence-corrected chi connectivity index (χ4v) is 6.15. The molecule has 3 aromatic carbocycles. The van der Waals surface area contributed by atoms with E-state index >= 15 is 0 Å². The number of sulfone groups is 1. The van der Waals surface area contributed by atoms with Gasteiger partial charge in [-0.05, 0) is 59.0 Å². The largest absolute Gasteiger partial charge is 0.379 e. The summed E-state index contributed by atoms with van der Waals surface area (Å²) in [5.41, 5.74) is 3.64. The Kier molecular flexibility index (Phi) is 8.68. The number of hydrogen-bond acceptors (Lipinski definition) is 6. The standard InChI is InChI=1S/C32H37FN4O4S/c1-32(2,3)23-7-10-26(11-8-23)42(39,40)21-35-25-9-12-28-27(20-25)29(22-5-4-6-24(33)19-22)30(36-28)31(38)34-13-14-37-15-17-41-18-16-37/h4-12,19-20,35-36H,13-18,21H2,1-3H3,(H,34,38). The number of halogens is 1. The normalized spacial score (nSPS) is 14.7. The van der Waals surface area contributed by atoms with Crippen LogP contribution in [0, 0.1) is 5.82 Å². The van der Waals surface area contributed by atoms with Crippen LogP contribution >= 0.6 is 0 Å². The third kappa shape index (κ3) is 6.83. The van der Waals surface area contributed by atoms with Crippen LogP contribution in [-0.4, -0.2) is 69.5 Å². The van der Waals surface area contributed by atoms with Gasteiger partial charge in [0.05, 0.1) is 18.1 Å². The highest BCUT2D eigenvalue weighted by Crippen LogP contribution is 2.35. The molecule has 0 radical (unpaired) electrons. The maximum Gasteiger partial charge on any atom is 0.268 e. The molecule has 5 rings (SSSR count). The Bertz CT molecular complexity index is 1670. The summed E-state index contributed by atoms with van der Waals surface area (Å²) in [7, 11) is -3.61. The van der Waals surface area contributed by atoms with E-state index in [-0.39, 0.29) is 22.1 Å². The van der Waals surface area contributed by atoms with E-state index < -0.39 is 15.7 Å². The van der Waals surface area contributed by atoms with Crippen molar-refractivity contribution in [2.45, 2.75) is 31.1 Å². The molecule has 0 atom stereocenters. The van der Waals surface area contributed by atoms with Crippen molar-refractivity contribution >= 4 is 32.3 Å². The molecule has 3 N–H and O–H groups in total. The Hall–Kier alpha value is -3.73. The molecule has 1 aromatic heterocycles. The molecule has 42 heavy (non-hydrogen) atoms. The van der Waals surface area contributed by atoms with E-state index in [9.17, 15) is 17.6 Å². The number of rotatable bonds is 9. The van der Waals surface area contributed by atoms with Crippen LogP contribution in [-0.2, 0) is 20.0 Å². The van der Waals surface area contributed by atoms with Crippen molar-refractivity contribution in [1.82, 2.24) is 15.2 Å². The summed E-state index contributed by atoms with van der Waals surface area (Å²) < 4.78 is 45.8. The average Bonchev–Trinajstić information content (AvgIpc) is 3.35. The monoisotopic (exact) mass is 592 g/mol. The minimum atomic E-state index is -3.61. The number of carbonyl (C=O) groups excluding carboxylic acids is 1. The lowest BCUT2D eigenvalue weighted by atomic mass is 9.87. The SMILES string of the molecule is CC(C)(C)c1ccc(S(=O)(=O)CNc2ccc3[nH]c(C(=O)NCCN4CCOCC4)c(-c4cccc(F)c4)c3c2)cc1. The Morgan fingerprint density at radius 2 is 1.76 bits per heavy atom. The summed E-state index contributed by atoms with van der Waals surface area (Å²) in [6.45, 7) is 10.4. The van der Waals surface area contributed by atoms with Crippen LogP contribution in [0.2, 0.25) is 0 Å². The fraction of sp³-hybridized carbons (Fsp3) is 0.344. The number of ether oxygens (including phenoxy) is 1. The molecule has 0 spiro atoms. The minimum Gasteiger partial charge on any atom is -0.379 e. The van der Waals surface area contributed by atoms with Gasteiger partial charge in [-0.15, -0.1) is 0 Å². The molecule has 4 aromatic rings. The van der Waals surface area contributed by atoms with Crippen LogP contribution in [0.5, 0.6) is 0 Å². The van der Waals surface area contributed by atoms with Crippen molar-refractivity contribution in [1.29, 1.82) is 0 Å². The van der Waals surface area contributed by atoms with Gasteiger partial charge in [-0.2, -0.15) is 0 Å². The highest BCUT2D eigenvalue weighted by molar-refractivity contribution is 7.91. The second kappa shape index (κ2) is 12.2. The zero-order valence-electron chi connectivity index (χ0n) is 24.2. The van der Waals surface area contributed by atoms with Crippen molar-refractivity contribution in [3.63, 3.8) is 0 Å². The maximum atomic E-state index is 14.3. The van der Waals surface area contributed by atoms with E-state index in [1.807, 2.05) is 12.1 Å². The Labute approximate surface area is 246 Å². The zero-order chi connectivity index (χ0) is 29.9. The van der Waals surface area contributed by atoms with E-state index in [4.69, 9.17) is 4.74 Å². The van der Waals surface area contributed by atoms with Crippen molar-refractivity contribution in [2.75, 3.05) is 50.6 Å². The number of anilines is 1. The number of aromatic amines is 1. The number of aromatic nitrogens is 1. The zero-order valence-corrected chi connectivity index (χ0v) is 25.0. The molecule has 8 nitrogen and oxygen atoms in total. The lowest BCUT2D eigenvalue weighted by molar-refractivity contribution is 0.0383. The van der Waals surface area contributed by atoms with Gasteiger partial charge in [0, 0.05) is 48.3 Å². The van der Waals surface area contributed by atoms with E-state index in [0.717, 1.165) is 18.7 Å². The van der Waals surface area contributed by atoms with Crippen molar-refractivity contribution in [2.24, 2.45) is 0 Å². The molecule has 0 unspecified atom stereocenters. The number of hydrogen-bond donors (Lipinski definition) is 3. The smallest absolute Gasteiger partial charge is 0.268 e. The van der Waals surface area contributed by atoms with E-state index in [1.165, 1.54) is 12.1 Å². The number of fused-ring (bicyclic) bond motifs is 1. The fourth-order valence-electron chi connectivity index (χ4n) is 5.08. The maximum absolute atomic E-state index is 14.3. The van der Waals surface area contributed by atoms with Crippen molar-refractivity contribution < 1.29 is 22.3 Å². The van der Waals surface area contributed by atoms with Crippen molar-refractivity contribution in [3.05, 3.63) is 83.8 Å². The minimum absolute atomic E-state index is 0.0790. The molecule has 0 aliphatic carbocycles. The first-order chi connectivity index (χ1) is 20.0. The molecule has 1 aliphatic rings. The summed E-state index contributed by atoms with van der Waals surface area (Å²) in [5.74, 6) is -1.02. The predicted molar refractivity (Wildman–Crippen MR) is 164 cm³/mol. The van der Waals surface area contributed by atoms with Crippen LogP contribution in [0.4, 0.5) is 10.1 Å². The Balaban J connectivity index is 1.39. The first kappa shape index (κ1) is 29.8. The van der Waals surface area contributed by atoms with Crippen molar-refractivity contribution in [3.8, 4) is 11.1 Å². The molecule has 1 saturated heterocycles. The average molecular weight is 593 g/mol. The first-order valence-corrected chi connectivity index (χ1v) is 15.7. The molecular formula is C32H37FN4O4S. The molecular weight excluding hydrogens is 555 g/mol. The summed E-state index contributed by atoms with van der Waals surface area (Å²) >= 11 is 0. The highest BCUT2D eigenvalue weighted by atomic mass is 32.2. The van der Waals surface area contributed by atoms with Crippen LogP contribution in [0.1, 0.15) is 36.8 Å². The van der Waals surface area contributed by atoms with Gasteiger partial charge in [0.15, 0.2) is 9.84 Å². The lowest BCUT2D eigenvalue weighted by Gasteiger charge is -2.26. The number of amides is 1. The topological polar surface area (TPSA) is 104 Å². The number of carbonyl (C=O) groups is 1. The number of H-pyrrole nitrogens is 1. The van der Waals surface area contributed by atoms with Gasteiger partial charge in [0.2, 0.25) is 0 Å². The van der Waals surface area contributed by atoms with Crippen LogP contribution in [0.3, 0.4) is 0 Å². The van der Waals surface area contributed by atoms with E-state index in [1.54, 1.807) is 42.5 Å². The molecule has 1 aliphatic heterocycles. The second-order valence-electron chi connectivity index (χ2n) is 11.6. The predicted octanol–water partition coefficient (Wildman–Crippen LogP) is 5.18. The summed E-state index contributed by atoms with van der Waals surface area (Å²) in [6.07, 6.45) is 0. The Morgan fingerprint density at radius 3 is 2.45 bits per heavy atom. The van der Waals surface area contributed by atoms with E-state index in [0.29, 0.717) is 59.7 Å². The highest BCUT2D eigenvalue weighted by Gasteiger charge is 2.22. The van der Waals surface area contributed by atoms with Gasteiger partial charge < -0.3 is 20.4 Å². The molecule has 1 amide bonds. The molecule has 1 fully saturated rings. The van der Waals surface area contributed by atoms with E-state index in [2.05, 4.69) is 41.3 Å². The Morgan fingerprint density at radius 1 is 1.02 bits per heavy atom. The molecule has 0 bridgehead atoms. The summed E-state index contributed by atoms with van der Waals surface area (Å²) in [5, 5.41) is 6.69. The molecule has 0 saturated carbocycles. The van der Waals surface area contributed by atoms with Gasteiger partial charge in [-0.3, -0.25) is 9.69 Å². The number of benzene rings is 3. The van der Waals surface area contributed by atoms with Gasteiger partial charge >= 0.3 is 0 Å². The first-order valence-electron chi connectivity index (χ1n) is 14.1. The van der Waals surface area contributed by atoms with Crippen LogP contribution < -0.4 is 10.6 Å². The quantitative estimate of drug-likeness (QED) is 0.248. The van der Waals surface area contributed by atoms with Gasteiger partial charge in [-0.1, -0.05) is 45.0 Å². The third-order valence-electron chi connectivity index (χ3n) is 7.50. The van der Waals surface area contributed by atoms with Crippen LogP contribution in [0.15, 0.2) is 71.6 Å². The molecule has 222 valence electrons. The number of nitrogens with zero attached hydrogens (tertiary/aromatic N) is 1. The molecule has 10 heteroatoms. The third-order valence-corrected chi connectivity index (χ3v) is 9.02. The van der Waals surface area contributed by atoms with Gasteiger partial charge in [0.25, 0.3) is 5.91 Å². The van der Waals surface area contributed by atoms with Gasteiger partial charge in [0.1, 0.15) is 17.4 Å². The summed E-state index contributed by atoms with van der Waals surface area (Å²) in [4.78, 5) is 19.0. The number of morpholine rings is 1.